The number of aromatic nitrogens is 1. The van der Waals surface area contributed by atoms with Crippen molar-refractivity contribution in [1.29, 1.82) is 0 Å². The van der Waals surface area contributed by atoms with E-state index in [1.165, 1.54) is 0 Å². The van der Waals surface area contributed by atoms with Crippen LogP contribution in [0.5, 0.6) is 0 Å². The number of azo groups is 1. The zero-order valence-electron chi connectivity index (χ0n) is 13.8. The average molecular weight is 327 g/mol. The van der Waals surface area contributed by atoms with E-state index >= 15 is 0 Å². The van der Waals surface area contributed by atoms with Crippen LogP contribution in [0.15, 0.2) is 83.0 Å². The number of para-hydroxylation sites is 1. The Morgan fingerprint density at radius 3 is 2.40 bits per heavy atom. The molecule has 1 atom stereocenters. The lowest BCUT2D eigenvalue weighted by Gasteiger charge is -2.11. The first-order chi connectivity index (χ1) is 12.2. The summed E-state index contributed by atoms with van der Waals surface area (Å²) in [4.78, 5) is 4.71. The molecular formula is C21H17N3O. The quantitative estimate of drug-likeness (QED) is 0.378. The largest absolute Gasteiger partial charge is 0.389 e. The lowest BCUT2D eigenvalue weighted by Crippen LogP contribution is -1.93. The van der Waals surface area contributed by atoms with Crippen LogP contribution in [0.25, 0.3) is 21.8 Å². The topological polar surface area (TPSA) is 57.8 Å². The third-order valence-electron chi connectivity index (χ3n) is 4.17. The van der Waals surface area contributed by atoms with E-state index in [0.29, 0.717) is 5.69 Å². The van der Waals surface area contributed by atoms with E-state index in [0.717, 1.165) is 33.1 Å². The van der Waals surface area contributed by atoms with Crippen molar-refractivity contribution in [2.45, 2.75) is 13.0 Å². The predicted octanol–water partition coefficient (Wildman–Crippen LogP) is 5.86. The van der Waals surface area contributed by atoms with E-state index in [1.54, 1.807) is 6.92 Å². The zero-order chi connectivity index (χ0) is 17.2. The van der Waals surface area contributed by atoms with Gasteiger partial charge in [0.2, 0.25) is 0 Å². The van der Waals surface area contributed by atoms with E-state index < -0.39 is 6.10 Å². The standard InChI is InChI=1S/C21H17N3O/c1-14(25)17-11-12-20-18(13-15-7-5-6-10-19(15)22-20)21(17)24-23-16-8-3-2-4-9-16/h2-14,25H,1H3. The highest BCUT2D eigenvalue weighted by Gasteiger charge is 2.13. The fourth-order valence-electron chi connectivity index (χ4n) is 2.90. The van der Waals surface area contributed by atoms with Crippen LogP contribution in [0.4, 0.5) is 11.4 Å². The summed E-state index contributed by atoms with van der Waals surface area (Å²) in [6.45, 7) is 1.73. The van der Waals surface area contributed by atoms with Crippen LogP contribution in [0, 0.1) is 0 Å². The van der Waals surface area contributed by atoms with Crippen LogP contribution in [0.2, 0.25) is 0 Å². The van der Waals surface area contributed by atoms with Crippen LogP contribution in [0.1, 0.15) is 18.6 Å². The van der Waals surface area contributed by atoms with Crippen molar-refractivity contribution in [2.24, 2.45) is 10.2 Å². The average Bonchev–Trinajstić information content (AvgIpc) is 2.65. The Kier molecular flexibility index (Phi) is 3.96. The van der Waals surface area contributed by atoms with Crippen molar-refractivity contribution < 1.29 is 5.11 Å². The number of benzene rings is 3. The normalized spacial score (nSPS) is 12.9. The molecule has 0 amide bonds. The minimum Gasteiger partial charge on any atom is -0.389 e. The first-order valence-electron chi connectivity index (χ1n) is 8.19. The number of aliphatic hydroxyl groups excluding tert-OH is 1. The summed E-state index contributed by atoms with van der Waals surface area (Å²) in [5.74, 6) is 0. The van der Waals surface area contributed by atoms with Gasteiger partial charge in [-0.05, 0) is 37.3 Å². The highest BCUT2D eigenvalue weighted by molar-refractivity contribution is 5.99. The molecular weight excluding hydrogens is 310 g/mol. The van der Waals surface area contributed by atoms with Gasteiger partial charge in [0.05, 0.1) is 22.8 Å². The number of aliphatic hydroxyl groups is 1. The van der Waals surface area contributed by atoms with Gasteiger partial charge in [-0.15, -0.1) is 5.11 Å². The molecule has 4 aromatic rings. The van der Waals surface area contributed by atoms with Gasteiger partial charge < -0.3 is 5.11 Å². The van der Waals surface area contributed by atoms with Gasteiger partial charge in [0.1, 0.15) is 5.69 Å². The summed E-state index contributed by atoms with van der Waals surface area (Å²) in [5.41, 5.74) is 3.94. The molecule has 1 unspecified atom stereocenters. The first-order valence-corrected chi connectivity index (χ1v) is 8.19. The number of nitrogens with zero attached hydrogens (tertiary/aromatic N) is 3. The number of hydrogen-bond acceptors (Lipinski definition) is 4. The molecule has 1 heterocycles. The molecule has 0 fully saturated rings. The van der Waals surface area contributed by atoms with E-state index in [9.17, 15) is 5.11 Å². The van der Waals surface area contributed by atoms with Gasteiger partial charge in [-0.3, -0.25) is 0 Å². The molecule has 0 bridgehead atoms. The predicted molar refractivity (Wildman–Crippen MR) is 101 cm³/mol. The first kappa shape index (κ1) is 15.4. The van der Waals surface area contributed by atoms with E-state index in [2.05, 4.69) is 16.3 Å². The molecule has 0 spiro atoms. The molecule has 0 saturated heterocycles. The second-order valence-electron chi connectivity index (χ2n) is 5.96. The maximum atomic E-state index is 10.2. The molecule has 25 heavy (non-hydrogen) atoms. The molecule has 0 aliphatic rings. The Balaban J connectivity index is 1.96. The van der Waals surface area contributed by atoms with E-state index in [-0.39, 0.29) is 0 Å². The second kappa shape index (κ2) is 6.42. The summed E-state index contributed by atoms with van der Waals surface area (Å²) in [6, 6.07) is 23.4. The highest BCUT2D eigenvalue weighted by atomic mass is 16.3. The van der Waals surface area contributed by atoms with E-state index in [1.807, 2.05) is 66.7 Å². The van der Waals surface area contributed by atoms with Crippen LogP contribution < -0.4 is 0 Å². The number of fused-ring (bicyclic) bond motifs is 2. The van der Waals surface area contributed by atoms with Crippen molar-refractivity contribution in [3.05, 3.63) is 78.4 Å². The van der Waals surface area contributed by atoms with Crippen LogP contribution in [0.3, 0.4) is 0 Å². The molecule has 4 rings (SSSR count). The van der Waals surface area contributed by atoms with Gasteiger partial charge in [0.25, 0.3) is 0 Å². The maximum absolute atomic E-state index is 10.2. The Morgan fingerprint density at radius 1 is 0.840 bits per heavy atom. The Hall–Kier alpha value is -3.11. The van der Waals surface area contributed by atoms with Gasteiger partial charge in [-0.2, -0.15) is 5.11 Å². The lowest BCUT2D eigenvalue weighted by atomic mass is 10.0. The summed E-state index contributed by atoms with van der Waals surface area (Å²) >= 11 is 0. The number of pyridine rings is 1. The van der Waals surface area contributed by atoms with Gasteiger partial charge >= 0.3 is 0 Å². The molecule has 0 saturated carbocycles. The Bertz CT molecular complexity index is 1070. The van der Waals surface area contributed by atoms with Crippen molar-refractivity contribution in [3.8, 4) is 0 Å². The SMILES string of the molecule is CC(O)c1ccc2nc3ccccc3cc2c1N=Nc1ccccc1. The molecule has 1 aromatic heterocycles. The van der Waals surface area contributed by atoms with Crippen molar-refractivity contribution in [3.63, 3.8) is 0 Å². The molecule has 3 aromatic carbocycles. The fraction of sp³-hybridized carbons (Fsp3) is 0.0952. The Morgan fingerprint density at radius 2 is 1.60 bits per heavy atom. The van der Waals surface area contributed by atoms with Crippen LogP contribution >= 0.6 is 0 Å². The minimum atomic E-state index is -0.638. The highest BCUT2D eigenvalue weighted by Crippen LogP contribution is 2.35. The van der Waals surface area contributed by atoms with Crippen LogP contribution in [-0.4, -0.2) is 10.1 Å². The zero-order valence-corrected chi connectivity index (χ0v) is 13.8. The fourth-order valence-corrected chi connectivity index (χ4v) is 2.90. The second-order valence-corrected chi connectivity index (χ2v) is 5.96. The molecule has 0 aliphatic heterocycles. The van der Waals surface area contributed by atoms with Crippen LogP contribution in [-0.2, 0) is 0 Å². The summed E-state index contributed by atoms with van der Waals surface area (Å²) in [5, 5.41) is 20.9. The number of hydrogen-bond donors (Lipinski definition) is 1. The smallest absolute Gasteiger partial charge is 0.101 e. The van der Waals surface area contributed by atoms with Crippen molar-refractivity contribution >= 4 is 33.2 Å². The maximum Gasteiger partial charge on any atom is 0.101 e. The monoisotopic (exact) mass is 327 g/mol. The molecule has 0 aliphatic carbocycles. The van der Waals surface area contributed by atoms with Crippen molar-refractivity contribution in [1.82, 2.24) is 4.98 Å². The molecule has 1 N–H and O–H groups in total. The molecule has 4 heteroatoms. The van der Waals surface area contributed by atoms with Gasteiger partial charge in [0, 0.05) is 16.3 Å². The summed E-state index contributed by atoms with van der Waals surface area (Å²) in [7, 11) is 0. The number of rotatable bonds is 3. The van der Waals surface area contributed by atoms with Gasteiger partial charge in [-0.1, -0.05) is 42.5 Å². The molecule has 4 nitrogen and oxygen atoms in total. The molecule has 0 radical (unpaired) electrons. The van der Waals surface area contributed by atoms with Gasteiger partial charge in [-0.25, -0.2) is 4.98 Å². The summed E-state index contributed by atoms with van der Waals surface area (Å²) < 4.78 is 0. The lowest BCUT2D eigenvalue weighted by molar-refractivity contribution is 0.200. The summed E-state index contributed by atoms with van der Waals surface area (Å²) in [6.07, 6.45) is -0.638. The minimum absolute atomic E-state index is 0.638. The molecule has 122 valence electrons. The third kappa shape index (κ3) is 2.99. The van der Waals surface area contributed by atoms with Crippen molar-refractivity contribution in [2.75, 3.05) is 0 Å². The van der Waals surface area contributed by atoms with E-state index in [4.69, 9.17) is 4.98 Å². The van der Waals surface area contributed by atoms with Gasteiger partial charge in [0.15, 0.2) is 0 Å². The third-order valence-corrected chi connectivity index (χ3v) is 4.17. The Labute approximate surface area is 145 Å².